The first kappa shape index (κ1) is 12.2. The topological polar surface area (TPSA) is 12.0 Å². The molecule has 2 rings (SSSR count). The van der Waals surface area contributed by atoms with E-state index in [-0.39, 0.29) is 5.54 Å². The van der Waals surface area contributed by atoms with Crippen LogP contribution in [0, 0.1) is 6.92 Å². The summed E-state index contributed by atoms with van der Waals surface area (Å²) in [7, 11) is 0. The monoisotopic (exact) mass is 229 g/mol. The van der Waals surface area contributed by atoms with E-state index in [0.29, 0.717) is 0 Å². The van der Waals surface area contributed by atoms with Crippen molar-refractivity contribution in [3.8, 4) is 0 Å². The van der Waals surface area contributed by atoms with Gasteiger partial charge in [0.25, 0.3) is 0 Å². The molecule has 1 aromatic rings. The van der Waals surface area contributed by atoms with Crippen LogP contribution >= 0.6 is 0 Å². The summed E-state index contributed by atoms with van der Waals surface area (Å²) in [4.78, 5) is 0. The van der Waals surface area contributed by atoms with Crippen molar-refractivity contribution < 1.29 is 0 Å². The van der Waals surface area contributed by atoms with Gasteiger partial charge in [0.1, 0.15) is 0 Å². The molecule has 0 aliphatic heterocycles. The molecule has 1 aliphatic rings. The Morgan fingerprint density at radius 3 is 2.71 bits per heavy atom. The van der Waals surface area contributed by atoms with Crippen molar-refractivity contribution in [1.29, 1.82) is 0 Å². The Balaban J connectivity index is 2.14. The maximum absolute atomic E-state index is 3.92. The second-order valence-electron chi connectivity index (χ2n) is 5.33. The number of benzene rings is 1. The van der Waals surface area contributed by atoms with Crippen LogP contribution < -0.4 is 5.32 Å². The molecule has 0 spiro atoms. The van der Waals surface area contributed by atoms with Gasteiger partial charge < -0.3 is 5.32 Å². The van der Waals surface area contributed by atoms with Crippen LogP contribution in [0.4, 0.5) is 5.69 Å². The van der Waals surface area contributed by atoms with E-state index in [0.717, 1.165) is 6.42 Å². The molecule has 0 heterocycles. The van der Waals surface area contributed by atoms with Crippen molar-refractivity contribution in [1.82, 2.24) is 0 Å². The maximum atomic E-state index is 3.92. The molecule has 1 heteroatoms. The van der Waals surface area contributed by atoms with Crippen molar-refractivity contribution in [2.24, 2.45) is 0 Å². The molecule has 0 radical (unpaired) electrons. The number of anilines is 1. The van der Waals surface area contributed by atoms with Crippen LogP contribution in [0.3, 0.4) is 0 Å². The first-order valence-electron chi connectivity index (χ1n) is 6.70. The highest BCUT2D eigenvalue weighted by Crippen LogP contribution is 2.34. The standard InChI is InChI=1S/C16H23N/c1-3-10-16(11-5-4-6-12-16)17-15-9-7-8-14(2)13-15/h3,7-9,13,17H,1,4-6,10-12H2,2H3. The first-order valence-corrected chi connectivity index (χ1v) is 6.70. The second-order valence-corrected chi connectivity index (χ2v) is 5.33. The molecule has 1 fully saturated rings. The highest BCUT2D eigenvalue weighted by atomic mass is 15.0. The zero-order chi connectivity index (χ0) is 12.1. The third-order valence-corrected chi connectivity index (χ3v) is 3.77. The number of hydrogen-bond acceptors (Lipinski definition) is 1. The summed E-state index contributed by atoms with van der Waals surface area (Å²) in [5, 5.41) is 3.76. The summed E-state index contributed by atoms with van der Waals surface area (Å²) < 4.78 is 0. The molecule has 0 atom stereocenters. The van der Waals surface area contributed by atoms with E-state index in [1.807, 2.05) is 0 Å². The average molecular weight is 229 g/mol. The van der Waals surface area contributed by atoms with Gasteiger partial charge in [-0.1, -0.05) is 37.5 Å². The molecule has 0 bridgehead atoms. The minimum absolute atomic E-state index is 0.258. The van der Waals surface area contributed by atoms with Gasteiger partial charge >= 0.3 is 0 Å². The van der Waals surface area contributed by atoms with E-state index >= 15 is 0 Å². The lowest BCUT2D eigenvalue weighted by atomic mass is 9.79. The maximum Gasteiger partial charge on any atom is 0.0408 e. The lowest BCUT2D eigenvalue weighted by Gasteiger charge is -2.38. The van der Waals surface area contributed by atoms with Gasteiger partial charge in [-0.15, -0.1) is 6.58 Å². The number of rotatable bonds is 4. The SMILES string of the molecule is C=CCC1(Nc2cccc(C)c2)CCCCC1. The van der Waals surface area contributed by atoms with Crippen molar-refractivity contribution in [3.63, 3.8) is 0 Å². The molecule has 92 valence electrons. The van der Waals surface area contributed by atoms with Crippen LogP contribution in [0.1, 0.15) is 44.1 Å². The fraction of sp³-hybridized carbons (Fsp3) is 0.500. The normalized spacial score (nSPS) is 18.6. The molecule has 1 aliphatic carbocycles. The second kappa shape index (κ2) is 5.39. The van der Waals surface area contributed by atoms with Crippen molar-refractivity contribution >= 4 is 5.69 Å². The van der Waals surface area contributed by atoms with Gasteiger partial charge in [-0.05, 0) is 43.9 Å². The third-order valence-electron chi connectivity index (χ3n) is 3.77. The Morgan fingerprint density at radius 2 is 2.06 bits per heavy atom. The quantitative estimate of drug-likeness (QED) is 0.739. The van der Waals surface area contributed by atoms with Crippen LogP contribution in [-0.4, -0.2) is 5.54 Å². The molecule has 0 saturated heterocycles. The Morgan fingerprint density at radius 1 is 1.29 bits per heavy atom. The van der Waals surface area contributed by atoms with Crippen LogP contribution in [0.15, 0.2) is 36.9 Å². The molecule has 1 nitrogen and oxygen atoms in total. The Hall–Kier alpha value is -1.24. The molecular weight excluding hydrogens is 206 g/mol. The molecule has 17 heavy (non-hydrogen) atoms. The van der Waals surface area contributed by atoms with Crippen LogP contribution in [0.5, 0.6) is 0 Å². The van der Waals surface area contributed by atoms with Gasteiger partial charge in [0.2, 0.25) is 0 Å². The molecule has 0 unspecified atom stereocenters. The van der Waals surface area contributed by atoms with E-state index in [9.17, 15) is 0 Å². The number of hydrogen-bond donors (Lipinski definition) is 1. The van der Waals surface area contributed by atoms with Crippen molar-refractivity contribution in [2.75, 3.05) is 5.32 Å². The summed E-state index contributed by atoms with van der Waals surface area (Å²) in [6, 6.07) is 8.68. The van der Waals surface area contributed by atoms with E-state index in [1.165, 1.54) is 43.4 Å². The highest BCUT2D eigenvalue weighted by molar-refractivity contribution is 5.48. The summed E-state index contributed by atoms with van der Waals surface area (Å²) in [5.41, 5.74) is 2.83. The predicted molar refractivity (Wildman–Crippen MR) is 75.4 cm³/mol. The summed E-state index contributed by atoms with van der Waals surface area (Å²) >= 11 is 0. The summed E-state index contributed by atoms with van der Waals surface area (Å²) in [6.07, 6.45) is 9.74. The summed E-state index contributed by atoms with van der Waals surface area (Å²) in [5.74, 6) is 0. The van der Waals surface area contributed by atoms with Crippen LogP contribution in [0.25, 0.3) is 0 Å². The average Bonchev–Trinajstić information content (AvgIpc) is 2.30. The fourth-order valence-corrected chi connectivity index (χ4v) is 2.91. The van der Waals surface area contributed by atoms with E-state index in [2.05, 4.69) is 49.2 Å². The van der Waals surface area contributed by atoms with Gasteiger partial charge in [0.15, 0.2) is 0 Å². The Bertz CT molecular complexity index is 375. The summed E-state index contributed by atoms with van der Waals surface area (Å²) in [6.45, 7) is 6.06. The largest absolute Gasteiger partial charge is 0.379 e. The molecule has 1 saturated carbocycles. The van der Waals surface area contributed by atoms with Gasteiger partial charge in [0, 0.05) is 11.2 Å². The minimum Gasteiger partial charge on any atom is -0.379 e. The molecule has 1 aromatic carbocycles. The Labute approximate surface area is 105 Å². The zero-order valence-electron chi connectivity index (χ0n) is 10.8. The lowest BCUT2D eigenvalue weighted by molar-refractivity contribution is 0.326. The predicted octanol–water partition coefficient (Wildman–Crippen LogP) is 4.69. The molecule has 0 aromatic heterocycles. The molecule has 1 N–H and O–H groups in total. The fourth-order valence-electron chi connectivity index (χ4n) is 2.91. The highest BCUT2D eigenvalue weighted by Gasteiger charge is 2.30. The zero-order valence-corrected chi connectivity index (χ0v) is 10.8. The number of aryl methyl sites for hydroxylation is 1. The van der Waals surface area contributed by atoms with Gasteiger partial charge in [0.05, 0.1) is 0 Å². The van der Waals surface area contributed by atoms with Crippen molar-refractivity contribution in [3.05, 3.63) is 42.5 Å². The van der Waals surface area contributed by atoms with E-state index < -0.39 is 0 Å². The molecule has 0 amide bonds. The van der Waals surface area contributed by atoms with E-state index in [1.54, 1.807) is 0 Å². The third kappa shape index (κ3) is 3.12. The van der Waals surface area contributed by atoms with Crippen LogP contribution in [0.2, 0.25) is 0 Å². The van der Waals surface area contributed by atoms with E-state index in [4.69, 9.17) is 0 Å². The van der Waals surface area contributed by atoms with Crippen LogP contribution in [-0.2, 0) is 0 Å². The number of nitrogens with one attached hydrogen (secondary N) is 1. The first-order chi connectivity index (χ1) is 8.24. The van der Waals surface area contributed by atoms with Gasteiger partial charge in [-0.2, -0.15) is 0 Å². The van der Waals surface area contributed by atoms with Crippen molar-refractivity contribution in [2.45, 2.75) is 51.0 Å². The minimum atomic E-state index is 0.258. The van der Waals surface area contributed by atoms with Gasteiger partial charge in [-0.25, -0.2) is 0 Å². The smallest absolute Gasteiger partial charge is 0.0408 e. The molecular formula is C16H23N. The lowest BCUT2D eigenvalue weighted by Crippen LogP contribution is -2.39. The van der Waals surface area contributed by atoms with Gasteiger partial charge in [-0.3, -0.25) is 0 Å². The Kier molecular flexibility index (Phi) is 3.88.